The number of nitrogens with zero attached hydrogens (tertiary/aromatic N) is 1. The van der Waals surface area contributed by atoms with Crippen LogP contribution < -0.4 is 0 Å². The van der Waals surface area contributed by atoms with Crippen LogP contribution >= 0.6 is 11.6 Å². The summed E-state index contributed by atoms with van der Waals surface area (Å²) < 4.78 is 30.0. The Morgan fingerprint density at radius 1 is 1.62 bits per heavy atom. The van der Waals surface area contributed by atoms with E-state index in [1.165, 1.54) is 12.3 Å². The van der Waals surface area contributed by atoms with Crippen LogP contribution in [-0.2, 0) is 16.0 Å². The number of esters is 1. The van der Waals surface area contributed by atoms with Crippen molar-refractivity contribution in [2.75, 3.05) is 6.61 Å². The summed E-state index contributed by atoms with van der Waals surface area (Å²) in [5.41, 5.74) is -0.259. The van der Waals surface area contributed by atoms with Gasteiger partial charge in [-0.25, -0.2) is 13.8 Å². The summed E-state index contributed by atoms with van der Waals surface area (Å²) in [4.78, 5) is 14.7. The van der Waals surface area contributed by atoms with Crippen molar-refractivity contribution in [3.05, 3.63) is 28.5 Å². The lowest BCUT2D eigenvalue weighted by atomic mass is 10.1. The Bertz CT molecular complexity index is 385. The Morgan fingerprint density at radius 3 is 2.88 bits per heavy atom. The zero-order valence-corrected chi connectivity index (χ0v) is 9.30. The number of hydrogen-bond acceptors (Lipinski definition) is 3. The van der Waals surface area contributed by atoms with E-state index in [1.54, 1.807) is 6.92 Å². The molecule has 1 aromatic rings. The third-order valence-electron chi connectivity index (χ3n) is 1.89. The van der Waals surface area contributed by atoms with Gasteiger partial charge < -0.3 is 4.74 Å². The van der Waals surface area contributed by atoms with Gasteiger partial charge in [-0.2, -0.15) is 0 Å². The van der Waals surface area contributed by atoms with Gasteiger partial charge in [-0.3, -0.25) is 4.79 Å². The van der Waals surface area contributed by atoms with Crippen molar-refractivity contribution in [1.29, 1.82) is 0 Å². The number of alkyl halides is 2. The normalized spacial score (nSPS) is 10.6. The maximum Gasteiger partial charge on any atom is 0.310 e. The standard InChI is InChI=1S/C10H10ClF2NO2/c1-2-16-7(15)5-6-3-4-14-9(11)8(6)10(12)13/h3-4,10H,2,5H2,1H3. The first-order valence-corrected chi connectivity index (χ1v) is 5.01. The molecule has 0 saturated heterocycles. The molecule has 0 N–H and O–H groups in total. The van der Waals surface area contributed by atoms with Crippen LogP contribution in [0.3, 0.4) is 0 Å². The van der Waals surface area contributed by atoms with Crippen LogP contribution in [0.4, 0.5) is 8.78 Å². The average molecular weight is 250 g/mol. The summed E-state index contributed by atoms with van der Waals surface area (Å²) in [6.07, 6.45) is -1.70. The van der Waals surface area contributed by atoms with E-state index in [0.29, 0.717) is 0 Å². The summed E-state index contributed by atoms with van der Waals surface area (Å²) in [5, 5.41) is -0.281. The first-order valence-electron chi connectivity index (χ1n) is 4.63. The lowest BCUT2D eigenvalue weighted by Gasteiger charge is -2.09. The molecule has 88 valence electrons. The van der Waals surface area contributed by atoms with Gasteiger partial charge in [0, 0.05) is 6.20 Å². The van der Waals surface area contributed by atoms with Gasteiger partial charge >= 0.3 is 5.97 Å². The molecule has 0 aliphatic heterocycles. The third kappa shape index (κ3) is 3.13. The molecule has 3 nitrogen and oxygen atoms in total. The number of hydrogen-bond donors (Lipinski definition) is 0. The molecule has 16 heavy (non-hydrogen) atoms. The Labute approximate surface area is 96.4 Å². The molecule has 0 atom stereocenters. The van der Waals surface area contributed by atoms with Crippen LogP contribution in [0, 0.1) is 0 Å². The van der Waals surface area contributed by atoms with Crippen LogP contribution in [-0.4, -0.2) is 17.6 Å². The lowest BCUT2D eigenvalue weighted by Crippen LogP contribution is -2.10. The molecular weight excluding hydrogens is 240 g/mol. The van der Waals surface area contributed by atoms with E-state index in [2.05, 4.69) is 9.72 Å². The van der Waals surface area contributed by atoms with Gasteiger partial charge in [-0.15, -0.1) is 0 Å². The number of halogens is 3. The summed E-state index contributed by atoms with van der Waals surface area (Å²) in [6, 6.07) is 1.34. The van der Waals surface area contributed by atoms with E-state index in [0.717, 1.165) is 0 Å². The van der Waals surface area contributed by atoms with Gasteiger partial charge in [0.2, 0.25) is 0 Å². The number of rotatable bonds is 4. The molecule has 1 rings (SSSR count). The van der Waals surface area contributed by atoms with E-state index >= 15 is 0 Å². The zero-order valence-electron chi connectivity index (χ0n) is 8.54. The van der Waals surface area contributed by atoms with Crippen molar-refractivity contribution in [2.24, 2.45) is 0 Å². The summed E-state index contributed by atoms with van der Waals surface area (Å²) >= 11 is 5.54. The van der Waals surface area contributed by atoms with Crippen LogP contribution in [0.15, 0.2) is 12.3 Å². The average Bonchev–Trinajstić information content (AvgIpc) is 2.17. The van der Waals surface area contributed by atoms with Crippen molar-refractivity contribution in [3.8, 4) is 0 Å². The SMILES string of the molecule is CCOC(=O)Cc1ccnc(Cl)c1C(F)F. The predicted octanol–water partition coefficient (Wildman–Crippen LogP) is 2.78. The largest absolute Gasteiger partial charge is 0.466 e. The van der Waals surface area contributed by atoms with Crippen LogP contribution in [0.2, 0.25) is 5.15 Å². The molecule has 0 bridgehead atoms. The van der Waals surface area contributed by atoms with Gasteiger partial charge in [0.15, 0.2) is 0 Å². The molecule has 0 aliphatic carbocycles. The summed E-state index contributed by atoms with van der Waals surface area (Å²) in [6.45, 7) is 1.85. The Morgan fingerprint density at radius 2 is 2.31 bits per heavy atom. The monoisotopic (exact) mass is 249 g/mol. The number of carbonyl (C=O) groups excluding carboxylic acids is 1. The van der Waals surface area contributed by atoms with E-state index in [9.17, 15) is 13.6 Å². The molecule has 0 aliphatic rings. The summed E-state index contributed by atoms with van der Waals surface area (Å²) in [7, 11) is 0. The molecule has 6 heteroatoms. The molecule has 1 heterocycles. The second-order valence-corrected chi connectivity index (χ2v) is 3.32. The number of aromatic nitrogens is 1. The highest BCUT2D eigenvalue weighted by molar-refractivity contribution is 6.30. The molecule has 0 saturated carbocycles. The molecule has 0 spiro atoms. The topological polar surface area (TPSA) is 39.2 Å². The Hall–Kier alpha value is -1.23. The first kappa shape index (κ1) is 12.8. The molecule has 0 fully saturated rings. The first-order chi connectivity index (χ1) is 7.56. The van der Waals surface area contributed by atoms with Crippen molar-refractivity contribution in [3.63, 3.8) is 0 Å². The minimum atomic E-state index is -2.76. The predicted molar refractivity (Wildman–Crippen MR) is 54.5 cm³/mol. The van der Waals surface area contributed by atoms with Gasteiger partial charge in [-0.1, -0.05) is 11.6 Å². The van der Waals surface area contributed by atoms with E-state index in [-0.39, 0.29) is 23.7 Å². The van der Waals surface area contributed by atoms with Crippen molar-refractivity contribution in [2.45, 2.75) is 19.8 Å². The number of pyridine rings is 1. The van der Waals surface area contributed by atoms with Gasteiger partial charge in [0.25, 0.3) is 6.43 Å². The smallest absolute Gasteiger partial charge is 0.310 e. The highest BCUT2D eigenvalue weighted by Crippen LogP contribution is 2.28. The quantitative estimate of drug-likeness (QED) is 0.608. The fourth-order valence-electron chi connectivity index (χ4n) is 1.24. The van der Waals surface area contributed by atoms with Crippen LogP contribution in [0.25, 0.3) is 0 Å². The molecule has 0 radical (unpaired) electrons. The zero-order chi connectivity index (χ0) is 12.1. The van der Waals surface area contributed by atoms with Crippen LogP contribution in [0.5, 0.6) is 0 Å². The second-order valence-electron chi connectivity index (χ2n) is 2.96. The van der Waals surface area contributed by atoms with Crippen molar-refractivity contribution >= 4 is 17.6 Å². The lowest BCUT2D eigenvalue weighted by molar-refractivity contribution is -0.142. The third-order valence-corrected chi connectivity index (χ3v) is 2.19. The van der Waals surface area contributed by atoms with Gasteiger partial charge in [0.1, 0.15) is 5.15 Å². The van der Waals surface area contributed by atoms with Crippen LogP contribution in [0.1, 0.15) is 24.5 Å². The maximum atomic E-state index is 12.6. The maximum absolute atomic E-state index is 12.6. The molecule has 0 amide bonds. The van der Waals surface area contributed by atoms with Gasteiger partial charge in [0.05, 0.1) is 18.6 Å². The van der Waals surface area contributed by atoms with E-state index in [1.807, 2.05) is 0 Å². The second kappa shape index (κ2) is 5.75. The minimum absolute atomic E-state index is 0.147. The fourth-order valence-corrected chi connectivity index (χ4v) is 1.50. The van der Waals surface area contributed by atoms with E-state index in [4.69, 9.17) is 11.6 Å². The van der Waals surface area contributed by atoms with E-state index < -0.39 is 18.0 Å². The highest BCUT2D eigenvalue weighted by atomic mass is 35.5. The fraction of sp³-hybridized carbons (Fsp3) is 0.400. The number of carbonyl (C=O) groups is 1. The minimum Gasteiger partial charge on any atom is -0.466 e. The highest BCUT2D eigenvalue weighted by Gasteiger charge is 2.19. The molecular formula is C10H10ClF2NO2. The summed E-state index contributed by atoms with van der Waals surface area (Å²) in [5.74, 6) is -0.563. The van der Waals surface area contributed by atoms with Crippen molar-refractivity contribution < 1.29 is 18.3 Å². The number of ether oxygens (including phenoxy) is 1. The Kier molecular flexibility index (Phi) is 4.61. The van der Waals surface area contributed by atoms with Crippen molar-refractivity contribution in [1.82, 2.24) is 4.98 Å². The molecule has 0 unspecified atom stereocenters. The van der Waals surface area contributed by atoms with Gasteiger partial charge in [-0.05, 0) is 18.6 Å². The Balaban J connectivity index is 2.95. The molecule has 0 aromatic carbocycles. The molecule has 1 aromatic heterocycles.